The fourth-order valence-electron chi connectivity index (χ4n) is 2.83. The summed E-state index contributed by atoms with van der Waals surface area (Å²) in [5.41, 5.74) is 0. The van der Waals surface area contributed by atoms with Crippen LogP contribution in [0.15, 0.2) is 0 Å². The normalized spacial score (nSPS) is 24.5. The molecule has 0 aromatic carbocycles. The van der Waals surface area contributed by atoms with E-state index in [1.807, 2.05) is 0 Å². The summed E-state index contributed by atoms with van der Waals surface area (Å²) in [6, 6.07) is -0.766. The van der Waals surface area contributed by atoms with Crippen LogP contribution in [-0.4, -0.2) is 44.4 Å². The molecule has 0 heterocycles. The van der Waals surface area contributed by atoms with Gasteiger partial charge in [-0.3, -0.25) is 4.79 Å². The number of hydrogen-bond acceptors (Lipinski definition) is 4. The van der Waals surface area contributed by atoms with Crippen LogP contribution >= 0.6 is 0 Å². The maximum atomic E-state index is 12.0. The highest BCUT2D eigenvalue weighted by atomic mass is 32.2. The van der Waals surface area contributed by atoms with E-state index in [-0.39, 0.29) is 30.1 Å². The summed E-state index contributed by atoms with van der Waals surface area (Å²) in [4.78, 5) is 12.0. The molecule has 0 radical (unpaired) electrons. The van der Waals surface area contributed by atoms with E-state index in [1.165, 1.54) is 0 Å². The number of nitrogens with one attached hydrogen (secondary N) is 2. The molecule has 0 spiro atoms. The van der Waals surface area contributed by atoms with Gasteiger partial charge in [-0.25, -0.2) is 13.1 Å². The van der Waals surface area contributed by atoms with Gasteiger partial charge in [0.25, 0.3) is 0 Å². The number of hydrogen-bond donors (Lipinski definition) is 3. The lowest BCUT2D eigenvalue weighted by Crippen LogP contribution is -2.47. The van der Waals surface area contributed by atoms with E-state index in [0.717, 1.165) is 25.7 Å². The minimum Gasteiger partial charge on any atom is -0.396 e. The third-order valence-electron chi connectivity index (χ3n) is 4.06. The number of carbonyl (C=O) groups is 1. The molecular weight excluding hydrogens is 292 g/mol. The summed E-state index contributed by atoms with van der Waals surface area (Å²) in [6.07, 6.45) is 4.76. The van der Waals surface area contributed by atoms with Gasteiger partial charge in [0.05, 0.1) is 11.8 Å². The second-order valence-corrected chi connectivity index (χ2v) is 7.76. The van der Waals surface area contributed by atoms with E-state index >= 15 is 0 Å². The van der Waals surface area contributed by atoms with Gasteiger partial charge in [-0.1, -0.05) is 19.8 Å². The molecule has 1 fully saturated rings. The van der Waals surface area contributed by atoms with Crippen LogP contribution in [0.5, 0.6) is 0 Å². The van der Waals surface area contributed by atoms with Crippen molar-refractivity contribution in [1.29, 1.82) is 0 Å². The summed E-state index contributed by atoms with van der Waals surface area (Å²) in [7, 11) is -3.39. The lowest BCUT2D eigenvalue weighted by molar-refractivity contribution is -0.122. The molecule has 3 unspecified atom stereocenters. The average molecular weight is 320 g/mol. The molecule has 3 atom stereocenters. The summed E-state index contributed by atoms with van der Waals surface area (Å²) in [5.74, 6) is 0.245. The predicted octanol–water partition coefficient (Wildman–Crippen LogP) is 0.619. The number of carbonyl (C=O) groups excluding carboxylic acids is 1. The number of amides is 1. The van der Waals surface area contributed by atoms with Crippen molar-refractivity contribution in [2.24, 2.45) is 11.8 Å². The maximum absolute atomic E-state index is 12.0. The van der Waals surface area contributed by atoms with Gasteiger partial charge in [0.15, 0.2) is 0 Å². The Kier molecular flexibility index (Phi) is 7.62. The van der Waals surface area contributed by atoms with Crippen molar-refractivity contribution in [2.75, 3.05) is 18.9 Å². The molecule has 1 aliphatic carbocycles. The Labute approximate surface area is 127 Å². The zero-order valence-electron chi connectivity index (χ0n) is 13.0. The van der Waals surface area contributed by atoms with Crippen molar-refractivity contribution in [3.63, 3.8) is 0 Å². The Hall–Kier alpha value is -0.660. The van der Waals surface area contributed by atoms with Gasteiger partial charge >= 0.3 is 0 Å². The number of rotatable bonds is 8. The van der Waals surface area contributed by atoms with E-state index in [2.05, 4.69) is 10.0 Å². The van der Waals surface area contributed by atoms with Crippen molar-refractivity contribution in [2.45, 2.75) is 52.0 Å². The first-order chi connectivity index (χ1) is 9.89. The van der Waals surface area contributed by atoms with Gasteiger partial charge in [-0.05, 0) is 38.0 Å². The van der Waals surface area contributed by atoms with Gasteiger partial charge in [0.2, 0.25) is 15.9 Å². The van der Waals surface area contributed by atoms with Crippen LogP contribution in [0.1, 0.15) is 46.0 Å². The lowest BCUT2D eigenvalue weighted by atomic mass is 9.79. The van der Waals surface area contributed by atoms with Crippen LogP contribution in [0.4, 0.5) is 0 Å². The van der Waals surface area contributed by atoms with Crippen LogP contribution in [0.25, 0.3) is 0 Å². The van der Waals surface area contributed by atoms with E-state index in [0.29, 0.717) is 13.0 Å². The first kappa shape index (κ1) is 18.4. The zero-order valence-corrected chi connectivity index (χ0v) is 13.8. The molecule has 0 aromatic rings. The largest absolute Gasteiger partial charge is 0.396 e. The predicted molar refractivity (Wildman–Crippen MR) is 82.2 cm³/mol. The molecule has 0 aliphatic heterocycles. The van der Waals surface area contributed by atoms with E-state index in [9.17, 15) is 18.3 Å². The smallest absolute Gasteiger partial charge is 0.237 e. The van der Waals surface area contributed by atoms with Gasteiger partial charge < -0.3 is 10.4 Å². The second-order valence-electron chi connectivity index (χ2n) is 5.89. The molecule has 1 amide bonds. The van der Waals surface area contributed by atoms with Crippen LogP contribution < -0.4 is 10.0 Å². The first-order valence-electron chi connectivity index (χ1n) is 7.78. The molecule has 124 valence electrons. The quantitative estimate of drug-likeness (QED) is 0.611. The van der Waals surface area contributed by atoms with Crippen LogP contribution in [-0.2, 0) is 14.8 Å². The average Bonchev–Trinajstić information content (AvgIpc) is 2.44. The third-order valence-corrected chi connectivity index (χ3v) is 5.72. The SMILES string of the molecule is CCCS(=O)(=O)NC(C)C(=O)NCC1CCCCC1CO. The van der Waals surface area contributed by atoms with Crippen molar-refractivity contribution >= 4 is 15.9 Å². The van der Waals surface area contributed by atoms with Crippen molar-refractivity contribution < 1.29 is 18.3 Å². The van der Waals surface area contributed by atoms with Gasteiger partial charge in [-0.2, -0.15) is 0 Å². The minimum absolute atomic E-state index is 0.0276. The molecule has 21 heavy (non-hydrogen) atoms. The Morgan fingerprint density at radius 2 is 1.90 bits per heavy atom. The Morgan fingerprint density at radius 3 is 2.48 bits per heavy atom. The fraction of sp³-hybridized carbons (Fsp3) is 0.929. The molecule has 6 nitrogen and oxygen atoms in total. The molecule has 0 bridgehead atoms. The van der Waals surface area contributed by atoms with E-state index < -0.39 is 16.1 Å². The number of aliphatic hydroxyl groups is 1. The van der Waals surface area contributed by atoms with E-state index in [4.69, 9.17) is 0 Å². The molecular formula is C14H28N2O4S. The Balaban J connectivity index is 2.42. The summed E-state index contributed by atoms with van der Waals surface area (Å²) in [5, 5.41) is 12.1. The summed E-state index contributed by atoms with van der Waals surface area (Å²) >= 11 is 0. The monoisotopic (exact) mass is 320 g/mol. The molecule has 0 aromatic heterocycles. The Bertz CT molecular complexity index is 425. The highest BCUT2D eigenvalue weighted by Crippen LogP contribution is 2.29. The minimum atomic E-state index is -3.39. The van der Waals surface area contributed by atoms with Crippen molar-refractivity contribution in [1.82, 2.24) is 10.0 Å². The Morgan fingerprint density at radius 1 is 1.29 bits per heavy atom. The summed E-state index contributed by atoms with van der Waals surface area (Å²) < 4.78 is 25.6. The van der Waals surface area contributed by atoms with Crippen molar-refractivity contribution in [3.05, 3.63) is 0 Å². The third kappa shape index (κ3) is 6.32. The maximum Gasteiger partial charge on any atom is 0.237 e. The number of aliphatic hydroxyl groups excluding tert-OH is 1. The number of sulfonamides is 1. The molecule has 1 saturated carbocycles. The van der Waals surface area contributed by atoms with Crippen LogP contribution in [0, 0.1) is 11.8 Å². The fourth-order valence-corrected chi connectivity index (χ4v) is 4.13. The van der Waals surface area contributed by atoms with Gasteiger partial charge in [0, 0.05) is 13.2 Å². The molecule has 3 N–H and O–H groups in total. The molecule has 1 rings (SSSR count). The first-order valence-corrected chi connectivity index (χ1v) is 9.43. The zero-order chi connectivity index (χ0) is 15.9. The molecule has 0 saturated heterocycles. The van der Waals surface area contributed by atoms with Crippen LogP contribution in [0.2, 0.25) is 0 Å². The topological polar surface area (TPSA) is 95.5 Å². The lowest BCUT2D eigenvalue weighted by Gasteiger charge is -2.30. The van der Waals surface area contributed by atoms with Gasteiger partial charge in [-0.15, -0.1) is 0 Å². The summed E-state index contributed by atoms with van der Waals surface area (Å²) in [6.45, 7) is 3.98. The van der Waals surface area contributed by atoms with Gasteiger partial charge in [0.1, 0.15) is 0 Å². The molecule has 1 aliphatic rings. The van der Waals surface area contributed by atoms with Crippen LogP contribution in [0.3, 0.4) is 0 Å². The second kappa shape index (κ2) is 8.70. The highest BCUT2D eigenvalue weighted by Gasteiger charge is 2.26. The standard InChI is InChI=1S/C14H28N2O4S/c1-3-8-21(19,20)16-11(2)14(18)15-9-12-6-4-5-7-13(12)10-17/h11-13,16-17H,3-10H2,1-2H3,(H,15,18). The van der Waals surface area contributed by atoms with Crippen molar-refractivity contribution in [3.8, 4) is 0 Å². The highest BCUT2D eigenvalue weighted by molar-refractivity contribution is 7.89. The molecule has 7 heteroatoms. The van der Waals surface area contributed by atoms with E-state index in [1.54, 1.807) is 13.8 Å².